The summed E-state index contributed by atoms with van der Waals surface area (Å²) in [6.07, 6.45) is 0.262. The molecule has 0 spiro atoms. The van der Waals surface area contributed by atoms with Gasteiger partial charge in [-0.3, -0.25) is 9.59 Å². The van der Waals surface area contributed by atoms with Crippen molar-refractivity contribution in [2.45, 2.75) is 20.3 Å². The number of nitrogens with one attached hydrogen (secondary N) is 1. The van der Waals surface area contributed by atoms with E-state index >= 15 is 0 Å². The third kappa shape index (κ3) is 7.01. The lowest BCUT2D eigenvalue weighted by Crippen LogP contribution is -2.37. The fourth-order valence-electron chi connectivity index (χ4n) is 2.53. The fraction of sp³-hybridized carbons (Fsp3) is 0.333. The van der Waals surface area contributed by atoms with Gasteiger partial charge < -0.3 is 19.7 Å². The number of hydrogen-bond acceptors (Lipinski definition) is 4. The van der Waals surface area contributed by atoms with E-state index in [1.54, 1.807) is 4.90 Å². The number of para-hydroxylation sites is 1. The van der Waals surface area contributed by atoms with E-state index in [0.29, 0.717) is 26.3 Å². The number of benzene rings is 2. The molecule has 2 amide bonds. The molecule has 27 heavy (non-hydrogen) atoms. The molecule has 0 aliphatic rings. The topological polar surface area (TPSA) is 67.9 Å². The predicted molar refractivity (Wildman–Crippen MR) is 105 cm³/mol. The quantitative estimate of drug-likeness (QED) is 0.698. The highest BCUT2D eigenvalue weighted by Crippen LogP contribution is 2.19. The Balaban J connectivity index is 1.75. The van der Waals surface area contributed by atoms with Crippen molar-refractivity contribution in [2.24, 2.45) is 0 Å². The van der Waals surface area contributed by atoms with Gasteiger partial charge in [0.05, 0.1) is 19.6 Å². The normalized spacial score (nSPS) is 10.1. The second kappa shape index (κ2) is 10.9. The van der Waals surface area contributed by atoms with E-state index < -0.39 is 0 Å². The van der Waals surface area contributed by atoms with Crippen LogP contribution in [0.3, 0.4) is 0 Å². The van der Waals surface area contributed by atoms with E-state index in [2.05, 4.69) is 5.32 Å². The molecule has 0 bridgehead atoms. The van der Waals surface area contributed by atoms with Gasteiger partial charge in [0.25, 0.3) is 0 Å². The first-order valence-electron chi connectivity index (χ1n) is 9.05. The SMILES string of the molecule is CCOc1ccc(N(CCNC(=O)CCOc2ccccc2)C(C)=O)cc1. The number of hydrogen-bond donors (Lipinski definition) is 1. The number of ether oxygens (including phenoxy) is 2. The maximum atomic E-state index is 11.9. The smallest absolute Gasteiger partial charge is 0.223 e. The summed E-state index contributed by atoms with van der Waals surface area (Å²) in [4.78, 5) is 25.5. The molecule has 144 valence electrons. The molecule has 0 aliphatic carbocycles. The standard InChI is InChI=1S/C21H26N2O4/c1-3-26-20-11-9-18(10-12-20)23(17(2)24)15-14-22-21(25)13-16-27-19-7-5-4-6-8-19/h4-12H,3,13-16H2,1-2H3,(H,22,25). The lowest BCUT2D eigenvalue weighted by atomic mass is 10.2. The van der Waals surface area contributed by atoms with Crippen LogP contribution in [0.15, 0.2) is 54.6 Å². The second-order valence-electron chi connectivity index (χ2n) is 5.86. The first-order chi connectivity index (χ1) is 13.1. The minimum Gasteiger partial charge on any atom is -0.494 e. The summed E-state index contributed by atoms with van der Waals surface area (Å²) in [5.41, 5.74) is 0.771. The predicted octanol–water partition coefficient (Wildman–Crippen LogP) is 3.02. The maximum absolute atomic E-state index is 11.9. The summed E-state index contributed by atoms with van der Waals surface area (Å²) in [7, 11) is 0. The maximum Gasteiger partial charge on any atom is 0.223 e. The summed E-state index contributed by atoms with van der Waals surface area (Å²) in [6.45, 7) is 5.10. The van der Waals surface area contributed by atoms with Gasteiger partial charge in [0.2, 0.25) is 11.8 Å². The molecule has 2 rings (SSSR count). The largest absolute Gasteiger partial charge is 0.494 e. The molecule has 2 aromatic carbocycles. The van der Waals surface area contributed by atoms with Crippen molar-refractivity contribution in [1.29, 1.82) is 0 Å². The van der Waals surface area contributed by atoms with Crippen molar-refractivity contribution in [2.75, 3.05) is 31.2 Å². The van der Waals surface area contributed by atoms with Crippen molar-refractivity contribution >= 4 is 17.5 Å². The molecule has 0 saturated heterocycles. The van der Waals surface area contributed by atoms with Crippen molar-refractivity contribution in [1.82, 2.24) is 5.32 Å². The van der Waals surface area contributed by atoms with Crippen molar-refractivity contribution < 1.29 is 19.1 Å². The summed E-state index contributed by atoms with van der Waals surface area (Å²) < 4.78 is 10.9. The number of rotatable bonds is 10. The number of carbonyl (C=O) groups excluding carboxylic acids is 2. The second-order valence-corrected chi connectivity index (χ2v) is 5.86. The van der Waals surface area contributed by atoms with Gasteiger partial charge in [-0.1, -0.05) is 18.2 Å². The highest BCUT2D eigenvalue weighted by atomic mass is 16.5. The summed E-state index contributed by atoms with van der Waals surface area (Å²) in [6, 6.07) is 16.7. The summed E-state index contributed by atoms with van der Waals surface area (Å²) in [5, 5.41) is 2.82. The van der Waals surface area contributed by atoms with Crippen LogP contribution in [0.4, 0.5) is 5.69 Å². The van der Waals surface area contributed by atoms with Crippen LogP contribution in [0, 0.1) is 0 Å². The Morgan fingerprint density at radius 2 is 1.63 bits per heavy atom. The molecule has 6 heteroatoms. The van der Waals surface area contributed by atoms with Crippen LogP contribution in [0.1, 0.15) is 20.3 Å². The lowest BCUT2D eigenvalue weighted by Gasteiger charge is -2.21. The number of carbonyl (C=O) groups is 2. The zero-order chi connectivity index (χ0) is 19.5. The first-order valence-corrected chi connectivity index (χ1v) is 9.05. The number of anilines is 1. The molecular weight excluding hydrogens is 344 g/mol. The minimum atomic E-state index is -0.110. The average molecular weight is 370 g/mol. The molecule has 2 aromatic rings. The Morgan fingerprint density at radius 1 is 0.963 bits per heavy atom. The van der Waals surface area contributed by atoms with Gasteiger partial charge in [-0.25, -0.2) is 0 Å². The van der Waals surface area contributed by atoms with E-state index in [0.717, 1.165) is 17.2 Å². The molecule has 1 N–H and O–H groups in total. The first kappa shape index (κ1) is 20.3. The Morgan fingerprint density at radius 3 is 2.26 bits per heavy atom. The zero-order valence-corrected chi connectivity index (χ0v) is 15.8. The van der Waals surface area contributed by atoms with Crippen LogP contribution in [0.5, 0.6) is 11.5 Å². The Labute approximate surface area is 160 Å². The van der Waals surface area contributed by atoms with E-state index in [1.807, 2.05) is 61.5 Å². The highest BCUT2D eigenvalue weighted by molar-refractivity contribution is 5.91. The molecule has 0 aromatic heterocycles. The number of amides is 2. The molecule has 0 atom stereocenters. The van der Waals surface area contributed by atoms with E-state index in [9.17, 15) is 9.59 Å². The average Bonchev–Trinajstić information content (AvgIpc) is 2.67. The fourth-order valence-corrected chi connectivity index (χ4v) is 2.53. The highest BCUT2D eigenvalue weighted by Gasteiger charge is 2.12. The molecule has 0 radical (unpaired) electrons. The van der Waals surface area contributed by atoms with Gasteiger partial charge in [0.1, 0.15) is 11.5 Å². The molecule has 0 aliphatic heterocycles. The van der Waals surface area contributed by atoms with Crippen molar-refractivity contribution in [3.8, 4) is 11.5 Å². The van der Waals surface area contributed by atoms with E-state index in [-0.39, 0.29) is 18.2 Å². The Hall–Kier alpha value is -3.02. The summed E-state index contributed by atoms with van der Waals surface area (Å²) in [5.74, 6) is 1.31. The van der Waals surface area contributed by atoms with Crippen molar-refractivity contribution in [3.05, 3.63) is 54.6 Å². The van der Waals surface area contributed by atoms with E-state index in [1.165, 1.54) is 6.92 Å². The van der Waals surface area contributed by atoms with Gasteiger partial charge in [0.15, 0.2) is 0 Å². The number of nitrogens with zero attached hydrogens (tertiary/aromatic N) is 1. The van der Waals surface area contributed by atoms with E-state index in [4.69, 9.17) is 9.47 Å². The van der Waals surface area contributed by atoms with Crippen LogP contribution >= 0.6 is 0 Å². The molecular formula is C21H26N2O4. The zero-order valence-electron chi connectivity index (χ0n) is 15.8. The van der Waals surface area contributed by atoms with Crippen molar-refractivity contribution in [3.63, 3.8) is 0 Å². The molecule has 0 saturated carbocycles. The van der Waals surface area contributed by atoms with Gasteiger partial charge in [-0.05, 0) is 43.3 Å². The van der Waals surface area contributed by atoms with Crippen LogP contribution in [0.2, 0.25) is 0 Å². The van der Waals surface area contributed by atoms with Gasteiger partial charge >= 0.3 is 0 Å². The van der Waals surface area contributed by atoms with Crippen LogP contribution < -0.4 is 19.7 Å². The van der Waals surface area contributed by atoms with Crippen LogP contribution in [-0.2, 0) is 9.59 Å². The third-order valence-corrected chi connectivity index (χ3v) is 3.84. The minimum absolute atomic E-state index is 0.0826. The van der Waals surface area contributed by atoms with Crippen LogP contribution in [0.25, 0.3) is 0 Å². The monoisotopic (exact) mass is 370 g/mol. The third-order valence-electron chi connectivity index (χ3n) is 3.84. The Kier molecular flexibility index (Phi) is 8.16. The molecule has 6 nitrogen and oxygen atoms in total. The summed E-state index contributed by atoms with van der Waals surface area (Å²) >= 11 is 0. The Bertz CT molecular complexity index is 717. The molecule has 0 heterocycles. The molecule has 0 fully saturated rings. The van der Waals surface area contributed by atoms with Gasteiger partial charge in [-0.2, -0.15) is 0 Å². The lowest BCUT2D eigenvalue weighted by molar-refractivity contribution is -0.122. The van der Waals surface area contributed by atoms with Crippen LogP contribution in [-0.4, -0.2) is 38.1 Å². The van der Waals surface area contributed by atoms with Gasteiger partial charge in [-0.15, -0.1) is 0 Å². The van der Waals surface area contributed by atoms with Gasteiger partial charge in [0, 0.05) is 25.7 Å². The molecule has 0 unspecified atom stereocenters.